The van der Waals surface area contributed by atoms with E-state index in [4.69, 9.17) is 0 Å². The number of fused-ring (bicyclic) bond motifs is 1. The highest BCUT2D eigenvalue weighted by atomic mass is 79.9. The zero-order valence-electron chi connectivity index (χ0n) is 15.1. The van der Waals surface area contributed by atoms with Crippen LogP contribution < -0.4 is 0 Å². The molecule has 2 unspecified atom stereocenters. The fraction of sp³-hybridized carbons (Fsp3) is 0.350. The van der Waals surface area contributed by atoms with Crippen LogP contribution in [0.2, 0.25) is 0 Å². The van der Waals surface area contributed by atoms with Crippen LogP contribution in [0.4, 0.5) is 0 Å². The van der Waals surface area contributed by atoms with E-state index in [9.17, 15) is 9.32 Å². The molecule has 3 rings (SSSR count). The fourth-order valence-electron chi connectivity index (χ4n) is 3.26. The van der Waals surface area contributed by atoms with Crippen molar-refractivity contribution in [1.29, 1.82) is 0 Å². The van der Waals surface area contributed by atoms with E-state index in [1.165, 1.54) is 5.56 Å². The Kier molecular flexibility index (Phi) is 5.65. The highest BCUT2D eigenvalue weighted by molar-refractivity contribution is 9.10. The van der Waals surface area contributed by atoms with Crippen molar-refractivity contribution in [1.82, 2.24) is 9.97 Å². The summed E-state index contributed by atoms with van der Waals surface area (Å²) in [6.45, 7) is 4.29. The van der Waals surface area contributed by atoms with Crippen LogP contribution in [-0.2, 0) is 22.6 Å². The van der Waals surface area contributed by atoms with Gasteiger partial charge in [0.15, 0.2) is 0 Å². The van der Waals surface area contributed by atoms with E-state index in [0.29, 0.717) is 17.9 Å². The maximum atomic E-state index is 11.6. The number of nitrogens with zero attached hydrogens (tertiary/aromatic N) is 1. The van der Waals surface area contributed by atoms with E-state index >= 15 is 0 Å². The number of H-pyrrole nitrogens is 1. The number of aliphatic hydroxyl groups excluding tert-OH is 1. The van der Waals surface area contributed by atoms with Gasteiger partial charge in [0.1, 0.15) is 5.03 Å². The number of nitrogens with one attached hydrogen (secondary N) is 1. The number of hydrogen-bond acceptors (Lipinski definition) is 3. The smallest absolute Gasteiger partial charge is 0.127 e. The molecule has 0 aliphatic carbocycles. The Hall–Kier alpha value is -1.50. The average molecular weight is 435 g/mol. The molecular formula is C20H23BrN2O2S. The number of benzene rings is 1. The van der Waals surface area contributed by atoms with Crippen molar-refractivity contribution in [3.05, 3.63) is 58.2 Å². The number of pyridine rings is 1. The largest absolute Gasteiger partial charge is 0.393 e. The Morgan fingerprint density at radius 3 is 2.73 bits per heavy atom. The number of rotatable bonds is 6. The summed E-state index contributed by atoms with van der Waals surface area (Å²) >= 11 is 3.51. The Bertz CT molecular complexity index is 952. The lowest BCUT2D eigenvalue weighted by Crippen LogP contribution is -2.26. The van der Waals surface area contributed by atoms with Gasteiger partial charge in [0.2, 0.25) is 0 Å². The molecule has 0 radical (unpaired) electrons. The fourth-order valence-corrected chi connectivity index (χ4v) is 4.14. The quantitative estimate of drug-likeness (QED) is 0.606. The Morgan fingerprint density at radius 1 is 1.27 bits per heavy atom. The molecule has 3 aromatic rings. The monoisotopic (exact) mass is 434 g/mol. The van der Waals surface area contributed by atoms with Gasteiger partial charge in [-0.2, -0.15) is 0 Å². The van der Waals surface area contributed by atoms with Gasteiger partial charge in [-0.3, -0.25) is 4.21 Å². The van der Waals surface area contributed by atoms with Crippen molar-refractivity contribution in [3.8, 4) is 0 Å². The molecule has 0 saturated carbocycles. The summed E-state index contributed by atoms with van der Waals surface area (Å²) in [5.74, 6) is 0. The zero-order valence-corrected chi connectivity index (χ0v) is 17.5. The van der Waals surface area contributed by atoms with Crippen LogP contribution >= 0.6 is 15.9 Å². The van der Waals surface area contributed by atoms with Crippen molar-refractivity contribution in [2.45, 2.75) is 43.2 Å². The van der Waals surface area contributed by atoms with Gasteiger partial charge in [0, 0.05) is 22.8 Å². The van der Waals surface area contributed by atoms with Gasteiger partial charge in [-0.05, 0) is 47.7 Å². The van der Waals surface area contributed by atoms with E-state index in [2.05, 4.69) is 51.9 Å². The molecule has 2 heterocycles. The maximum Gasteiger partial charge on any atom is 0.127 e. The topological polar surface area (TPSA) is 66.0 Å². The molecule has 4 nitrogen and oxygen atoms in total. The van der Waals surface area contributed by atoms with Gasteiger partial charge >= 0.3 is 0 Å². The minimum atomic E-state index is -1.10. The van der Waals surface area contributed by atoms with Gasteiger partial charge < -0.3 is 10.1 Å². The molecule has 2 aromatic heterocycles. The van der Waals surface area contributed by atoms with Crippen LogP contribution in [0.25, 0.3) is 11.0 Å². The predicted octanol–water partition coefficient (Wildman–Crippen LogP) is 4.33. The molecule has 0 saturated heterocycles. The molecular weight excluding hydrogens is 412 g/mol. The molecule has 0 amide bonds. The third-order valence-corrected chi connectivity index (χ3v) is 5.92. The van der Waals surface area contributed by atoms with Gasteiger partial charge in [-0.15, -0.1) is 0 Å². The Labute approximate surface area is 164 Å². The molecule has 6 heteroatoms. The summed E-state index contributed by atoms with van der Waals surface area (Å²) < 4.78 is 12.6. The third kappa shape index (κ3) is 4.42. The van der Waals surface area contributed by atoms with Crippen molar-refractivity contribution >= 4 is 37.8 Å². The lowest BCUT2D eigenvalue weighted by molar-refractivity contribution is 0.138. The first kappa shape index (κ1) is 19.3. The van der Waals surface area contributed by atoms with Gasteiger partial charge in [-0.1, -0.05) is 41.9 Å². The first-order valence-electron chi connectivity index (χ1n) is 8.51. The molecule has 0 aliphatic rings. The van der Waals surface area contributed by atoms with E-state index < -0.39 is 16.9 Å². The Morgan fingerprint density at radius 2 is 2.04 bits per heavy atom. The van der Waals surface area contributed by atoms with Gasteiger partial charge in [0.05, 0.1) is 27.9 Å². The Balaban J connectivity index is 1.74. The van der Waals surface area contributed by atoms with Crippen LogP contribution in [-0.4, -0.2) is 31.6 Å². The number of aromatic amines is 1. The predicted molar refractivity (Wildman–Crippen MR) is 110 cm³/mol. The second-order valence-electron chi connectivity index (χ2n) is 7.29. The van der Waals surface area contributed by atoms with Crippen molar-refractivity contribution in [2.75, 3.05) is 6.26 Å². The minimum Gasteiger partial charge on any atom is -0.393 e. The number of hydrogen-bond donors (Lipinski definition) is 2. The highest BCUT2D eigenvalue weighted by Crippen LogP contribution is 2.31. The first-order valence-corrected chi connectivity index (χ1v) is 10.9. The maximum absolute atomic E-state index is 11.6. The molecule has 0 fully saturated rings. The molecule has 26 heavy (non-hydrogen) atoms. The average Bonchev–Trinajstić information content (AvgIpc) is 2.95. The number of aliphatic hydroxyl groups is 1. The van der Waals surface area contributed by atoms with Crippen LogP contribution in [0, 0.1) is 0 Å². The van der Waals surface area contributed by atoms with Crippen molar-refractivity contribution in [2.24, 2.45) is 0 Å². The van der Waals surface area contributed by atoms with Crippen LogP contribution in [0.5, 0.6) is 0 Å². The summed E-state index contributed by atoms with van der Waals surface area (Å²) in [4.78, 5) is 7.71. The summed E-state index contributed by atoms with van der Waals surface area (Å²) in [5, 5.41) is 11.2. The summed E-state index contributed by atoms with van der Waals surface area (Å²) in [7, 11) is -1.10. The molecule has 0 bridgehead atoms. The normalized spacial score (nSPS) is 14.5. The summed E-state index contributed by atoms with van der Waals surface area (Å²) in [5.41, 5.74) is 3.67. The van der Waals surface area contributed by atoms with E-state index in [-0.39, 0.29) is 5.41 Å². The standard InChI is InChI=1S/C20H23BrN2O2S/c1-20(2,13-5-4-6-14(21)9-13)12-16(24)10-15-11-18-17(22-15)7-8-19(23-18)26(3)25/h4-9,11,16,22,24H,10,12H2,1-3H3. The lowest BCUT2D eigenvalue weighted by Gasteiger charge is -2.28. The second kappa shape index (κ2) is 7.62. The minimum absolute atomic E-state index is 0.139. The van der Waals surface area contributed by atoms with Crippen LogP contribution in [0.1, 0.15) is 31.5 Å². The zero-order chi connectivity index (χ0) is 18.9. The number of halogens is 1. The van der Waals surface area contributed by atoms with Crippen LogP contribution in [0.15, 0.2) is 52.0 Å². The lowest BCUT2D eigenvalue weighted by atomic mass is 9.79. The molecule has 1 aromatic carbocycles. The SMILES string of the molecule is CS(=O)c1ccc2[nH]c(CC(O)CC(C)(C)c3cccc(Br)c3)cc2n1. The van der Waals surface area contributed by atoms with Gasteiger partial charge in [0.25, 0.3) is 0 Å². The molecule has 2 N–H and O–H groups in total. The molecule has 0 spiro atoms. The van der Waals surface area contributed by atoms with Crippen LogP contribution in [0.3, 0.4) is 0 Å². The summed E-state index contributed by atoms with van der Waals surface area (Å²) in [6, 6.07) is 13.8. The van der Waals surface area contributed by atoms with E-state index in [1.807, 2.05) is 24.3 Å². The third-order valence-electron chi connectivity index (χ3n) is 4.61. The summed E-state index contributed by atoms with van der Waals surface area (Å²) in [6.07, 6.45) is 2.32. The molecule has 0 aliphatic heterocycles. The highest BCUT2D eigenvalue weighted by Gasteiger charge is 2.25. The van der Waals surface area contributed by atoms with E-state index in [1.54, 1.807) is 12.3 Å². The van der Waals surface area contributed by atoms with Crippen molar-refractivity contribution < 1.29 is 9.32 Å². The van der Waals surface area contributed by atoms with Gasteiger partial charge in [-0.25, -0.2) is 4.98 Å². The molecule has 138 valence electrons. The first-order chi connectivity index (χ1) is 12.2. The molecule has 2 atom stereocenters. The second-order valence-corrected chi connectivity index (χ2v) is 9.53. The van der Waals surface area contributed by atoms with E-state index in [0.717, 1.165) is 21.2 Å². The number of aromatic nitrogens is 2. The van der Waals surface area contributed by atoms with Crippen molar-refractivity contribution in [3.63, 3.8) is 0 Å².